The van der Waals surface area contributed by atoms with Crippen LogP contribution in [0.4, 0.5) is 22.7 Å². The summed E-state index contributed by atoms with van der Waals surface area (Å²) in [5, 5.41) is 6.25. The SMILES string of the molecule is c1ccc(N2CN(c3cc(Oc4ccc5c6ccccc6n(-c6ccccn6)c5c4)c4oc5ccc6c7ccccc7oc6c5c4c3)c3ccccc32)cc1. The first-order valence-electron chi connectivity index (χ1n) is 18.4. The van der Waals surface area contributed by atoms with Crippen LogP contribution in [0.3, 0.4) is 0 Å². The smallest absolute Gasteiger partial charge is 0.178 e. The number of benzene rings is 7. The highest BCUT2D eigenvalue weighted by atomic mass is 16.5. The topological polar surface area (TPSA) is 59.8 Å². The van der Waals surface area contributed by atoms with Crippen molar-refractivity contribution in [1.82, 2.24) is 9.55 Å². The van der Waals surface area contributed by atoms with Crippen molar-refractivity contribution >= 4 is 88.4 Å². The Morgan fingerprint density at radius 2 is 1.20 bits per heavy atom. The van der Waals surface area contributed by atoms with E-state index in [-0.39, 0.29) is 0 Å². The van der Waals surface area contributed by atoms with E-state index >= 15 is 0 Å². The average Bonchev–Trinajstić information content (AvgIpc) is 4.00. The first kappa shape index (κ1) is 30.0. The molecule has 0 radical (unpaired) electrons. The maximum Gasteiger partial charge on any atom is 0.178 e. The quantitative estimate of drug-likeness (QED) is 0.177. The molecule has 7 heteroatoms. The Kier molecular flexibility index (Phi) is 6.27. The Balaban J connectivity index is 1.09. The summed E-state index contributed by atoms with van der Waals surface area (Å²) < 4.78 is 22.5. The van der Waals surface area contributed by atoms with Crippen LogP contribution in [-0.2, 0) is 0 Å². The number of fused-ring (bicyclic) bond motifs is 11. The third kappa shape index (κ3) is 4.47. The summed E-state index contributed by atoms with van der Waals surface area (Å²) in [6, 6.07) is 56.4. The lowest BCUT2D eigenvalue weighted by molar-refractivity contribution is 0.477. The van der Waals surface area contributed by atoms with E-state index in [9.17, 15) is 0 Å². The first-order chi connectivity index (χ1) is 27.3. The normalized spacial score (nSPS) is 12.9. The summed E-state index contributed by atoms with van der Waals surface area (Å²) in [7, 11) is 0. The fourth-order valence-electron chi connectivity index (χ4n) is 8.47. The van der Waals surface area contributed by atoms with Crippen molar-refractivity contribution in [1.29, 1.82) is 0 Å². The van der Waals surface area contributed by atoms with E-state index < -0.39 is 0 Å². The number of rotatable bonds is 5. The van der Waals surface area contributed by atoms with Gasteiger partial charge in [0.25, 0.3) is 0 Å². The lowest BCUT2D eigenvalue weighted by atomic mass is 10.1. The van der Waals surface area contributed by atoms with Gasteiger partial charge in [-0.05, 0) is 78.9 Å². The van der Waals surface area contributed by atoms with Crippen LogP contribution in [0.1, 0.15) is 0 Å². The summed E-state index contributed by atoms with van der Waals surface area (Å²) in [4.78, 5) is 9.42. The highest BCUT2D eigenvalue weighted by Gasteiger charge is 2.30. The van der Waals surface area contributed by atoms with Crippen molar-refractivity contribution in [3.8, 4) is 17.3 Å². The van der Waals surface area contributed by atoms with Crippen molar-refractivity contribution in [2.24, 2.45) is 0 Å². The van der Waals surface area contributed by atoms with Gasteiger partial charge in [-0.25, -0.2) is 4.98 Å². The lowest BCUT2D eigenvalue weighted by Gasteiger charge is -2.22. The summed E-state index contributed by atoms with van der Waals surface area (Å²) in [6.45, 7) is 0.625. The van der Waals surface area contributed by atoms with E-state index in [4.69, 9.17) is 18.6 Å². The molecule has 11 aromatic rings. The summed E-state index contributed by atoms with van der Waals surface area (Å²) in [5.74, 6) is 2.15. The van der Waals surface area contributed by atoms with Crippen molar-refractivity contribution in [2.75, 3.05) is 16.5 Å². The Morgan fingerprint density at radius 1 is 0.491 bits per heavy atom. The van der Waals surface area contributed by atoms with Gasteiger partial charge in [-0.15, -0.1) is 0 Å². The second-order valence-corrected chi connectivity index (χ2v) is 14.0. The van der Waals surface area contributed by atoms with Crippen molar-refractivity contribution < 1.29 is 13.6 Å². The second-order valence-electron chi connectivity index (χ2n) is 14.0. The van der Waals surface area contributed by atoms with Crippen LogP contribution in [0, 0.1) is 0 Å². The van der Waals surface area contributed by atoms with Crippen LogP contribution in [0.2, 0.25) is 0 Å². The number of ether oxygens (including phenoxy) is 1. The van der Waals surface area contributed by atoms with Gasteiger partial charge in [0.2, 0.25) is 0 Å². The van der Waals surface area contributed by atoms with E-state index in [0.29, 0.717) is 23.8 Å². The molecule has 12 rings (SSSR count). The summed E-state index contributed by atoms with van der Waals surface area (Å²) in [5.41, 5.74) is 9.49. The van der Waals surface area contributed by atoms with Crippen LogP contribution in [-0.4, -0.2) is 16.2 Å². The monoisotopic (exact) mass is 710 g/mol. The molecule has 0 N–H and O–H groups in total. The Labute approximate surface area is 314 Å². The maximum atomic E-state index is 6.99. The number of pyridine rings is 1. The molecule has 0 amide bonds. The molecule has 0 saturated carbocycles. The average molecular weight is 711 g/mol. The van der Waals surface area contributed by atoms with Gasteiger partial charge in [-0.1, -0.05) is 72.8 Å². The molecule has 7 aromatic carbocycles. The zero-order valence-corrected chi connectivity index (χ0v) is 29.4. The summed E-state index contributed by atoms with van der Waals surface area (Å²) >= 11 is 0. The highest BCUT2D eigenvalue weighted by Crippen LogP contribution is 2.49. The van der Waals surface area contributed by atoms with Gasteiger partial charge >= 0.3 is 0 Å². The molecule has 0 atom stereocenters. The first-order valence-corrected chi connectivity index (χ1v) is 18.4. The Hall–Kier alpha value is -7.51. The van der Waals surface area contributed by atoms with Crippen LogP contribution < -0.4 is 14.5 Å². The minimum Gasteiger partial charge on any atom is -0.455 e. The van der Waals surface area contributed by atoms with E-state index in [2.05, 4.69) is 130 Å². The van der Waals surface area contributed by atoms with E-state index in [1.165, 1.54) is 0 Å². The van der Waals surface area contributed by atoms with E-state index in [1.54, 1.807) is 0 Å². The molecule has 0 unspecified atom stereocenters. The number of hydrogen-bond donors (Lipinski definition) is 0. The highest BCUT2D eigenvalue weighted by molar-refractivity contribution is 6.23. The van der Waals surface area contributed by atoms with Crippen molar-refractivity contribution in [3.63, 3.8) is 0 Å². The zero-order chi connectivity index (χ0) is 36.0. The van der Waals surface area contributed by atoms with Crippen LogP contribution in [0.15, 0.2) is 179 Å². The minimum absolute atomic E-state index is 0.614. The fraction of sp³-hybridized carbons (Fsp3) is 0.0208. The molecule has 0 saturated heterocycles. The predicted molar refractivity (Wildman–Crippen MR) is 222 cm³/mol. The molecule has 5 heterocycles. The van der Waals surface area contributed by atoms with E-state index in [1.807, 2.05) is 54.7 Å². The number of hydrogen-bond acceptors (Lipinski definition) is 6. The van der Waals surface area contributed by atoms with Gasteiger partial charge < -0.3 is 23.4 Å². The number of nitrogens with zero attached hydrogens (tertiary/aromatic N) is 4. The molecule has 0 fully saturated rings. The molecule has 7 nitrogen and oxygen atoms in total. The standard InChI is InChI=1S/C48H30N4O3/c1-2-12-30(13-3-1)50-29-51(40-18-8-7-17-39(40)50)31-26-37-46-43(24-23-36-35-15-5-9-19-42(35)54-48(36)46)55-47(37)44(27-31)53-32-21-22-34-33-14-4-6-16-38(33)52(41(34)28-32)45-20-10-11-25-49-45/h1-28H,29H2. The van der Waals surface area contributed by atoms with Crippen LogP contribution in [0.25, 0.3) is 71.5 Å². The molecule has 260 valence electrons. The lowest BCUT2D eigenvalue weighted by Crippen LogP contribution is -2.23. The number of furan rings is 2. The Morgan fingerprint density at radius 3 is 2.05 bits per heavy atom. The Bertz CT molecular complexity index is 3290. The zero-order valence-electron chi connectivity index (χ0n) is 29.4. The minimum atomic E-state index is 0.614. The molecule has 0 bridgehead atoms. The maximum absolute atomic E-state index is 6.99. The molecule has 0 spiro atoms. The molecule has 1 aliphatic rings. The van der Waals surface area contributed by atoms with Gasteiger partial charge in [0, 0.05) is 56.6 Å². The summed E-state index contributed by atoms with van der Waals surface area (Å²) in [6.07, 6.45) is 1.83. The molecule has 55 heavy (non-hydrogen) atoms. The largest absolute Gasteiger partial charge is 0.455 e. The van der Waals surface area contributed by atoms with Gasteiger partial charge in [0.05, 0.1) is 27.8 Å². The second kappa shape index (κ2) is 11.5. The van der Waals surface area contributed by atoms with Gasteiger partial charge in [0.15, 0.2) is 11.3 Å². The molecule has 1 aliphatic heterocycles. The van der Waals surface area contributed by atoms with Crippen LogP contribution >= 0.6 is 0 Å². The molecular formula is C48H30N4O3. The third-order valence-electron chi connectivity index (χ3n) is 10.9. The molecule has 4 aromatic heterocycles. The van der Waals surface area contributed by atoms with E-state index in [0.717, 1.165) is 88.7 Å². The van der Waals surface area contributed by atoms with Crippen molar-refractivity contribution in [2.45, 2.75) is 0 Å². The van der Waals surface area contributed by atoms with Gasteiger partial charge in [0.1, 0.15) is 35.0 Å². The molecular weight excluding hydrogens is 681 g/mol. The van der Waals surface area contributed by atoms with Gasteiger partial charge in [-0.3, -0.25) is 4.57 Å². The number of para-hydroxylation sites is 5. The fourth-order valence-corrected chi connectivity index (χ4v) is 8.47. The van der Waals surface area contributed by atoms with Gasteiger partial charge in [-0.2, -0.15) is 0 Å². The molecule has 0 aliphatic carbocycles. The van der Waals surface area contributed by atoms with Crippen LogP contribution in [0.5, 0.6) is 11.5 Å². The number of anilines is 4. The third-order valence-corrected chi connectivity index (χ3v) is 10.9. The number of aromatic nitrogens is 2. The predicted octanol–water partition coefficient (Wildman–Crippen LogP) is 13.0. The van der Waals surface area contributed by atoms with Crippen molar-refractivity contribution in [3.05, 3.63) is 170 Å².